The van der Waals surface area contributed by atoms with Gasteiger partial charge in [0.05, 0.1) is 17.9 Å². The van der Waals surface area contributed by atoms with Gasteiger partial charge in [-0.3, -0.25) is 4.98 Å². The van der Waals surface area contributed by atoms with Crippen LogP contribution in [-0.2, 0) is 0 Å². The number of hydrogen-bond acceptors (Lipinski definition) is 5. The number of aromatic amines is 1. The number of hydrogen-bond donors (Lipinski definition) is 2. The molecule has 0 fully saturated rings. The molecule has 2 atom stereocenters. The fourth-order valence-corrected chi connectivity index (χ4v) is 3.26. The van der Waals surface area contributed by atoms with Crippen LogP contribution in [0.3, 0.4) is 0 Å². The number of pyridine rings is 1. The van der Waals surface area contributed by atoms with Crippen LogP contribution in [0.2, 0.25) is 0 Å². The van der Waals surface area contributed by atoms with Crippen molar-refractivity contribution in [3.8, 4) is 0 Å². The summed E-state index contributed by atoms with van der Waals surface area (Å²) in [5.41, 5.74) is 4.12. The van der Waals surface area contributed by atoms with Gasteiger partial charge in [-0.2, -0.15) is 0 Å². The van der Waals surface area contributed by atoms with Crippen molar-refractivity contribution < 1.29 is 4.39 Å². The van der Waals surface area contributed by atoms with Crippen molar-refractivity contribution in [2.75, 3.05) is 5.32 Å². The summed E-state index contributed by atoms with van der Waals surface area (Å²) in [6, 6.07) is 6.77. The quantitative estimate of drug-likeness (QED) is 0.535. The molecular weight excluding hydrogens is 343 g/mol. The van der Waals surface area contributed by atoms with E-state index < -0.39 is 0 Å². The molecule has 2 unspecified atom stereocenters. The van der Waals surface area contributed by atoms with E-state index in [2.05, 4.69) is 52.1 Å². The summed E-state index contributed by atoms with van der Waals surface area (Å²) in [6.45, 7) is 6.34. The van der Waals surface area contributed by atoms with Gasteiger partial charge >= 0.3 is 0 Å². The molecule has 3 aromatic heterocycles. The average molecular weight is 364 g/mol. The van der Waals surface area contributed by atoms with Gasteiger partial charge in [-0.25, -0.2) is 19.3 Å². The Morgan fingerprint density at radius 1 is 1.15 bits per heavy atom. The summed E-state index contributed by atoms with van der Waals surface area (Å²) in [4.78, 5) is 20.5. The Kier molecular flexibility index (Phi) is 4.43. The van der Waals surface area contributed by atoms with Gasteiger partial charge in [-0.1, -0.05) is 13.8 Å². The third-order valence-electron chi connectivity index (χ3n) is 4.96. The second-order valence-corrected chi connectivity index (χ2v) is 6.80. The number of benzene rings is 1. The molecule has 0 aliphatic rings. The fourth-order valence-electron chi connectivity index (χ4n) is 3.26. The minimum atomic E-state index is -0.272. The second kappa shape index (κ2) is 6.90. The average Bonchev–Trinajstić information content (AvgIpc) is 3.16. The van der Waals surface area contributed by atoms with Crippen molar-refractivity contribution in [2.45, 2.75) is 39.2 Å². The largest absolute Gasteiger partial charge is 0.362 e. The number of imidazole rings is 1. The summed E-state index contributed by atoms with van der Waals surface area (Å²) >= 11 is 0. The lowest BCUT2D eigenvalue weighted by molar-refractivity contribution is 0.629. The van der Waals surface area contributed by atoms with Crippen LogP contribution in [0.25, 0.3) is 22.1 Å². The molecule has 7 heteroatoms. The van der Waals surface area contributed by atoms with Crippen LogP contribution in [0.15, 0.2) is 36.9 Å². The molecule has 0 radical (unpaired) electrons. The van der Waals surface area contributed by atoms with E-state index in [0.717, 1.165) is 28.6 Å². The molecule has 27 heavy (non-hydrogen) atoms. The number of rotatable bonds is 5. The summed E-state index contributed by atoms with van der Waals surface area (Å²) < 4.78 is 13.6. The number of nitrogens with zero attached hydrogens (tertiary/aromatic N) is 4. The first-order chi connectivity index (χ1) is 13.1. The number of aromatic nitrogens is 5. The molecule has 0 saturated carbocycles. The SMILES string of the molecule is CCC(C)c1nc2cc(F)ccc2cc1C(C)Nc1ncnc2nc[nH]c12. The van der Waals surface area contributed by atoms with Crippen molar-refractivity contribution >= 4 is 27.9 Å². The maximum Gasteiger partial charge on any atom is 0.182 e. The molecule has 0 aliphatic heterocycles. The minimum Gasteiger partial charge on any atom is -0.362 e. The maximum absolute atomic E-state index is 13.6. The van der Waals surface area contributed by atoms with Crippen LogP contribution in [-0.4, -0.2) is 24.9 Å². The predicted octanol–water partition coefficient (Wildman–Crippen LogP) is 4.73. The van der Waals surface area contributed by atoms with E-state index in [1.54, 1.807) is 12.4 Å². The van der Waals surface area contributed by atoms with Crippen LogP contribution < -0.4 is 5.32 Å². The first-order valence-corrected chi connectivity index (χ1v) is 9.07. The Morgan fingerprint density at radius 3 is 2.81 bits per heavy atom. The lowest BCUT2D eigenvalue weighted by Gasteiger charge is -2.21. The van der Waals surface area contributed by atoms with Gasteiger partial charge in [0.15, 0.2) is 11.5 Å². The van der Waals surface area contributed by atoms with E-state index in [9.17, 15) is 4.39 Å². The summed E-state index contributed by atoms with van der Waals surface area (Å²) in [5, 5.41) is 4.36. The van der Waals surface area contributed by atoms with E-state index in [1.807, 2.05) is 0 Å². The molecule has 0 bridgehead atoms. The molecule has 0 aliphatic carbocycles. The summed E-state index contributed by atoms with van der Waals surface area (Å²) in [5.74, 6) is 0.681. The molecule has 4 rings (SSSR count). The van der Waals surface area contributed by atoms with E-state index in [0.29, 0.717) is 17.0 Å². The molecule has 2 N–H and O–H groups in total. The minimum absolute atomic E-state index is 0.0441. The molecule has 6 nitrogen and oxygen atoms in total. The molecule has 138 valence electrons. The van der Waals surface area contributed by atoms with Crippen LogP contribution in [0.5, 0.6) is 0 Å². The highest BCUT2D eigenvalue weighted by molar-refractivity contribution is 5.83. The zero-order valence-electron chi connectivity index (χ0n) is 15.5. The Balaban J connectivity index is 1.78. The lowest BCUT2D eigenvalue weighted by atomic mass is 9.94. The van der Waals surface area contributed by atoms with Crippen molar-refractivity contribution in [2.24, 2.45) is 0 Å². The highest BCUT2D eigenvalue weighted by Crippen LogP contribution is 2.31. The normalized spacial score (nSPS) is 13.8. The van der Waals surface area contributed by atoms with Gasteiger partial charge < -0.3 is 10.3 Å². The number of halogens is 1. The summed E-state index contributed by atoms with van der Waals surface area (Å²) in [7, 11) is 0. The van der Waals surface area contributed by atoms with Crippen molar-refractivity contribution in [1.29, 1.82) is 0 Å². The van der Waals surface area contributed by atoms with Gasteiger partial charge in [-0.05, 0) is 43.0 Å². The first-order valence-electron chi connectivity index (χ1n) is 9.07. The zero-order chi connectivity index (χ0) is 19.0. The molecular formula is C20H21FN6. The van der Waals surface area contributed by atoms with E-state index in [4.69, 9.17) is 4.98 Å². The van der Waals surface area contributed by atoms with Crippen LogP contribution >= 0.6 is 0 Å². The zero-order valence-corrected chi connectivity index (χ0v) is 15.5. The Labute approximate surface area is 156 Å². The smallest absolute Gasteiger partial charge is 0.182 e. The first kappa shape index (κ1) is 17.3. The van der Waals surface area contributed by atoms with Gasteiger partial charge in [0, 0.05) is 17.1 Å². The topological polar surface area (TPSA) is 79.4 Å². The van der Waals surface area contributed by atoms with Gasteiger partial charge in [0.2, 0.25) is 0 Å². The number of anilines is 1. The number of nitrogens with one attached hydrogen (secondary N) is 2. The Bertz CT molecular complexity index is 1110. The van der Waals surface area contributed by atoms with Crippen molar-refractivity contribution in [3.63, 3.8) is 0 Å². The van der Waals surface area contributed by atoms with E-state index in [-0.39, 0.29) is 17.8 Å². The Hall–Kier alpha value is -3.09. The number of fused-ring (bicyclic) bond motifs is 2. The number of H-pyrrole nitrogens is 1. The predicted molar refractivity (Wildman–Crippen MR) is 104 cm³/mol. The maximum atomic E-state index is 13.6. The fraction of sp³-hybridized carbons (Fsp3) is 0.300. The highest BCUT2D eigenvalue weighted by Gasteiger charge is 2.19. The summed E-state index contributed by atoms with van der Waals surface area (Å²) in [6.07, 6.45) is 4.05. The molecule has 0 amide bonds. The highest BCUT2D eigenvalue weighted by atomic mass is 19.1. The molecule has 0 saturated heterocycles. The van der Waals surface area contributed by atoms with E-state index >= 15 is 0 Å². The standard InChI is InChI=1S/C20H21FN6/c1-4-11(2)17-15(7-13-5-6-14(21)8-16(13)27-17)12(3)26-20-18-19(23-9-22-18)24-10-25-20/h5-12H,4H2,1-3H3,(H2,22,23,24,25,26). The monoisotopic (exact) mass is 364 g/mol. The van der Waals surface area contributed by atoms with Crippen LogP contribution in [0.4, 0.5) is 10.2 Å². The van der Waals surface area contributed by atoms with Crippen LogP contribution in [0.1, 0.15) is 50.4 Å². The van der Waals surface area contributed by atoms with Gasteiger partial charge in [0.25, 0.3) is 0 Å². The lowest BCUT2D eigenvalue weighted by Crippen LogP contribution is -2.13. The molecule has 4 aromatic rings. The molecule has 3 heterocycles. The third kappa shape index (κ3) is 3.20. The van der Waals surface area contributed by atoms with Gasteiger partial charge in [0.1, 0.15) is 17.7 Å². The second-order valence-electron chi connectivity index (χ2n) is 6.80. The van der Waals surface area contributed by atoms with Gasteiger partial charge in [-0.15, -0.1) is 0 Å². The third-order valence-corrected chi connectivity index (χ3v) is 4.96. The van der Waals surface area contributed by atoms with Crippen molar-refractivity contribution in [1.82, 2.24) is 24.9 Å². The van der Waals surface area contributed by atoms with E-state index in [1.165, 1.54) is 18.5 Å². The molecule has 1 aromatic carbocycles. The Morgan fingerprint density at radius 2 is 2.00 bits per heavy atom. The van der Waals surface area contributed by atoms with Crippen LogP contribution in [0, 0.1) is 5.82 Å². The van der Waals surface area contributed by atoms with Crippen molar-refractivity contribution in [3.05, 3.63) is 54.0 Å². The molecule has 0 spiro atoms.